The molecule has 2 aliphatic heterocycles. The molecular weight excluding hydrogens is 302 g/mol. The number of carbonyl (C=O) groups excluding carboxylic acids is 1. The second kappa shape index (κ2) is 8.60. The highest BCUT2D eigenvalue weighted by molar-refractivity contribution is 5.77. The standard InChI is InChI=1S/C19H29N3O2/c20-19(23)17-14-21(9-6-16-4-2-1-3-5-16)10-11-22(15-17)18-7-12-24-13-8-18/h1-5,17-18H,6-15H2,(H2,20,23). The van der Waals surface area contributed by atoms with Crippen LogP contribution in [0.25, 0.3) is 0 Å². The number of nitrogens with two attached hydrogens (primary N) is 1. The molecule has 2 heterocycles. The average molecular weight is 331 g/mol. The van der Waals surface area contributed by atoms with Crippen LogP contribution >= 0.6 is 0 Å². The van der Waals surface area contributed by atoms with Gasteiger partial charge in [0, 0.05) is 52.0 Å². The molecule has 2 aliphatic rings. The highest BCUT2D eigenvalue weighted by atomic mass is 16.5. The van der Waals surface area contributed by atoms with Gasteiger partial charge in [0.25, 0.3) is 0 Å². The number of carbonyl (C=O) groups is 1. The molecule has 0 aromatic heterocycles. The molecule has 5 heteroatoms. The molecule has 2 fully saturated rings. The van der Waals surface area contributed by atoms with Gasteiger partial charge in [0.05, 0.1) is 5.92 Å². The summed E-state index contributed by atoms with van der Waals surface area (Å²) in [6.45, 7) is 6.25. The first-order valence-corrected chi connectivity index (χ1v) is 9.10. The van der Waals surface area contributed by atoms with Crippen LogP contribution in [0, 0.1) is 5.92 Å². The van der Waals surface area contributed by atoms with Gasteiger partial charge in [0.2, 0.25) is 5.91 Å². The fourth-order valence-electron chi connectivity index (χ4n) is 3.80. The van der Waals surface area contributed by atoms with Gasteiger partial charge >= 0.3 is 0 Å². The summed E-state index contributed by atoms with van der Waals surface area (Å²) >= 11 is 0. The third-order valence-corrected chi connectivity index (χ3v) is 5.31. The van der Waals surface area contributed by atoms with Crippen molar-refractivity contribution in [1.82, 2.24) is 9.80 Å². The molecule has 2 N–H and O–H groups in total. The Labute approximate surface area is 144 Å². The summed E-state index contributed by atoms with van der Waals surface area (Å²) in [6.07, 6.45) is 3.15. The number of amides is 1. The Morgan fingerprint density at radius 1 is 1.12 bits per heavy atom. The summed E-state index contributed by atoms with van der Waals surface area (Å²) in [6, 6.07) is 11.1. The minimum absolute atomic E-state index is 0.0777. The van der Waals surface area contributed by atoms with Gasteiger partial charge in [0.15, 0.2) is 0 Å². The van der Waals surface area contributed by atoms with Crippen molar-refractivity contribution in [2.45, 2.75) is 25.3 Å². The van der Waals surface area contributed by atoms with Gasteiger partial charge in [-0.25, -0.2) is 0 Å². The maximum absolute atomic E-state index is 11.9. The average Bonchev–Trinajstić information content (AvgIpc) is 2.85. The lowest BCUT2D eigenvalue weighted by Crippen LogP contribution is -2.44. The largest absolute Gasteiger partial charge is 0.381 e. The molecule has 0 spiro atoms. The van der Waals surface area contributed by atoms with E-state index in [9.17, 15) is 4.79 Å². The van der Waals surface area contributed by atoms with E-state index < -0.39 is 0 Å². The Balaban J connectivity index is 1.59. The molecular formula is C19H29N3O2. The maximum atomic E-state index is 11.9. The fourth-order valence-corrected chi connectivity index (χ4v) is 3.80. The second-order valence-corrected chi connectivity index (χ2v) is 6.97. The Morgan fingerprint density at radius 2 is 1.88 bits per heavy atom. The number of ether oxygens (including phenoxy) is 1. The quantitative estimate of drug-likeness (QED) is 0.879. The molecule has 0 bridgehead atoms. The molecule has 1 unspecified atom stereocenters. The van der Waals surface area contributed by atoms with E-state index in [0.29, 0.717) is 6.04 Å². The zero-order chi connectivity index (χ0) is 16.8. The maximum Gasteiger partial charge on any atom is 0.223 e. The van der Waals surface area contributed by atoms with E-state index in [1.54, 1.807) is 0 Å². The Morgan fingerprint density at radius 3 is 2.58 bits per heavy atom. The highest BCUT2D eigenvalue weighted by Gasteiger charge is 2.30. The molecule has 24 heavy (non-hydrogen) atoms. The molecule has 0 aliphatic carbocycles. The van der Waals surface area contributed by atoms with Gasteiger partial charge in [0.1, 0.15) is 0 Å². The van der Waals surface area contributed by atoms with Crippen molar-refractivity contribution in [1.29, 1.82) is 0 Å². The van der Waals surface area contributed by atoms with Crippen LogP contribution in [0.3, 0.4) is 0 Å². The third-order valence-electron chi connectivity index (χ3n) is 5.31. The molecule has 3 rings (SSSR count). The predicted octanol–water partition coefficient (Wildman–Crippen LogP) is 1.13. The van der Waals surface area contributed by atoms with Crippen LogP contribution in [0.2, 0.25) is 0 Å². The van der Waals surface area contributed by atoms with Crippen LogP contribution in [-0.4, -0.2) is 67.7 Å². The zero-order valence-corrected chi connectivity index (χ0v) is 14.4. The normalized spacial score (nSPS) is 24.6. The summed E-state index contributed by atoms with van der Waals surface area (Å²) in [4.78, 5) is 16.8. The van der Waals surface area contributed by atoms with E-state index in [0.717, 1.165) is 65.2 Å². The van der Waals surface area contributed by atoms with Crippen molar-refractivity contribution in [3.05, 3.63) is 35.9 Å². The van der Waals surface area contributed by atoms with Crippen molar-refractivity contribution >= 4 is 5.91 Å². The Bertz CT molecular complexity index is 517. The molecule has 1 aromatic rings. The van der Waals surface area contributed by atoms with Gasteiger partial charge in [-0.1, -0.05) is 30.3 Å². The smallest absolute Gasteiger partial charge is 0.223 e. The highest BCUT2D eigenvalue weighted by Crippen LogP contribution is 2.19. The zero-order valence-electron chi connectivity index (χ0n) is 14.4. The summed E-state index contributed by atoms with van der Waals surface area (Å²) in [5.74, 6) is -0.246. The van der Waals surface area contributed by atoms with E-state index in [1.165, 1.54) is 5.56 Å². The molecule has 0 radical (unpaired) electrons. The lowest BCUT2D eigenvalue weighted by molar-refractivity contribution is -0.122. The van der Waals surface area contributed by atoms with E-state index in [2.05, 4.69) is 34.1 Å². The van der Waals surface area contributed by atoms with Crippen LogP contribution < -0.4 is 5.73 Å². The first-order chi connectivity index (χ1) is 11.7. The lowest BCUT2D eigenvalue weighted by Gasteiger charge is -2.34. The van der Waals surface area contributed by atoms with Crippen LogP contribution in [0.1, 0.15) is 18.4 Å². The van der Waals surface area contributed by atoms with Gasteiger partial charge in [-0.2, -0.15) is 0 Å². The predicted molar refractivity (Wildman–Crippen MR) is 94.7 cm³/mol. The number of hydrogen-bond acceptors (Lipinski definition) is 4. The summed E-state index contributed by atoms with van der Waals surface area (Å²) in [5.41, 5.74) is 7.03. The van der Waals surface area contributed by atoms with Crippen LogP contribution in [-0.2, 0) is 16.0 Å². The van der Waals surface area contributed by atoms with Gasteiger partial charge < -0.3 is 15.4 Å². The molecule has 1 amide bonds. The number of primary amides is 1. The van der Waals surface area contributed by atoms with Gasteiger partial charge in [-0.05, 0) is 24.8 Å². The summed E-state index contributed by atoms with van der Waals surface area (Å²) in [7, 11) is 0. The van der Waals surface area contributed by atoms with Crippen LogP contribution in [0.5, 0.6) is 0 Å². The fraction of sp³-hybridized carbons (Fsp3) is 0.632. The molecule has 132 valence electrons. The second-order valence-electron chi connectivity index (χ2n) is 6.97. The summed E-state index contributed by atoms with van der Waals surface area (Å²) < 4.78 is 5.48. The van der Waals surface area contributed by atoms with Gasteiger partial charge in [-0.15, -0.1) is 0 Å². The van der Waals surface area contributed by atoms with E-state index in [1.807, 2.05) is 6.07 Å². The summed E-state index contributed by atoms with van der Waals surface area (Å²) in [5, 5.41) is 0. The molecule has 0 saturated carbocycles. The van der Waals surface area contributed by atoms with Crippen molar-refractivity contribution in [3.8, 4) is 0 Å². The number of nitrogens with zero attached hydrogens (tertiary/aromatic N) is 2. The van der Waals surface area contributed by atoms with Crippen molar-refractivity contribution < 1.29 is 9.53 Å². The van der Waals surface area contributed by atoms with E-state index >= 15 is 0 Å². The van der Waals surface area contributed by atoms with Crippen LogP contribution in [0.15, 0.2) is 30.3 Å². The van der Waals surface area contributed by atoms with Crippen molar-refractivity contribution in [3.63, 3.8) is 0 Å². The van der Waals surface area contributed by atoms with Crippen molar-refractivity contribution in [2.24, 2.45) is 11.7 Å². The first-order valence-electron chi connectivity index (χ1n) is 9.10. The SMILES string of the molecule is NC(=O)C1CN(CCc2ccccc2)CCN(C2CCOCC2)C1. The topological polar surface area (TPSA) is 58.8 Å². The Hall–Kier alpha value is -1.43. The van der Waals surface area contributed by atoms with Crippen molar-refractivity contribution in [2.75, 3.05) is 45.9 Å². The lowest BCUT2D eigenvalue weighted by atomic mass is 10.0. The third kappa shape index (κ3) is 4.79. The Kier molecular flexibility index (Phi) is 6.24. The minimum Gasteiger partial charge on any atom is -0.381 e. The number of hydrogen-bond donors (Lipinski definition) is 1. The molecule has 5 nitrogen and oxygen atoms in total. The number of benzene rings is 1. The number of rotatable bonds is 5. The van der Waals surface area contributed by atoms with Crippen LogP contribution in [0.4, 0.5) is 0 Å². The van der Waals surface area contributed by atoms with E-state index in [-0.39, 0.29) is 11.8 Å². The first kappa shape index (κ1) is 17.4. The van der Waals surface area contributed by atoms with E-state index in [4.69, 9.17) is 10.5 Å². The molecule has 2 saturated heterocycles. The van der Waals surface area contributed by atoms with Gasteiger partial charge in [-0.3, -0.25) is 9.69 Å². The monoisotopic (exact) mass is 331 g/mol. The minimum atomic E-state index is -0.168. The molecule has 1 atom stereocenters. The molecule has 1 aromatic carbocycles.